The van der Waals surface area contributed by atoms with Gasteiger partial charge in [-0.25, -0.2) is 0 Å². The van der Waals surface area contributed by atoms with E-state index in [4.69, 9.17) is 0 Å². The van der Waals surface area contributed by atoms with Gasteiger partial charge in [0.25, 0.3) is 5.13 Å². The first kappa shape index (κ1) is 13.2. The molecule has 6 nitrogen and oxygen atoms in total. The van der Waals surface area contributed by atoms with Gasteiger partial charge in [0.05, 0.1) is 0 Å². The van der Waals surface area contributed by atoms with Crippen LogP contribution in [0.4, 0.5) is 10.8 Å². The third-order valence-corrected chi connectivity index (χ3v) is 3.49. The highest BCUT2D eigenvalue weighted by Crippen LogP contribution is 2.33. The Balaban J connectivity index is 1.83. The molecule has 0 aliphatic heterocycles. The monoisotopic (exact) mass is 298 g/mol. The van der Waals surface area contributed by atoms with E-state index in [0.29, 0.717) is 5.13 Å². The van der Waals surface area contributed by atoms with Gasteiger partial charge in [0, 0.05) is 11.6 Å². The van der Waals surface area contributed by atoms with Crippen molar-refractivity contribution in [3.63, 3.8) is 0 Å². The van der Waals surface area contributed by atoms with Crippen LogP contribution in [0.15, 0.2) is 58.8 Å². The molecule has 0 atom stereocenters. The number of hydrogen-bond donors (Lipinski definition) is 2. The van der Waals surface area contributed by atoms with Gasteiger partial charge in [0.1, 0.15) is 22.2 Å². The van der Waals surface area contributed by atoms with E-state index in [9.17, 15) is 10.2 Å². The van der Waals surface area contributed by atoms with Crippen LogP contribution in [0.3, 0.4) is 0 Å². The molecule has 2 aromatic carbocycles. The van der Waals surface area contributed by atoms with Crippen molar-refractivity contribution >= 4 is 22.2 Å². The van der Waals surface area contributed by atoms with Crippen molar-refractivity contribution < 1.29 is 10.2 Å². The van der Waals surface area contributed by atoms with Gasteiger partial charge < -0.3 is 10.2 Å². The molecule has 7 heteroatoms. The Kier molecular flexibility index (Phi) is 3.57. The number of nitrogens with zero attached hydrogens (tertiary/aromatic N) is 4. The van der Waals surface area contributed by atoms with Crippen molar-refractivity contribution in [1.29, 1.82) is 0 Å². The standard InChI is InChI=1S/C14H10N4O2S/c19-10-6-7-11(12(20)8-10)15-17-14-18-16-13(21-14)9-4-2-1-3-5-9/h1-8,19-20H. The fourth-order valence-electron chi connectivity index (χ4n) is 1.65. The van der Waals surface area contributed by atoms with Gasteiger partial charge in [-0.1, -0.05) is 41.7 Å². The average molecular weight is 298 g/mol. The molecule has 0 saturated carbocycles. The molecular weight excluding hydrogens is 288 g/mol. The summed E-state index contributed by atoms with van der Waals surface area (Å²) in [6.07, 6.45) is 0. The Bertz CT molecular complexity index is 787. The highest BCUT2D eigenvalue weighted by atomic mass is 32.1. The molecule has 3 aromatic rings. The lowest BCUT2D eigenvalue weighted by molar-refractivity contribution is 0.451. The van der Waals surface area contributed by atoms with Crippen molar-refractivity contribution in [2.75, 3.05) is 0 Å². The number of aromatic nitrogens is 2. The van der Waals surface area contributed by atoms with Crippen LogP contribution in [-0.4, -0.2) is 20.4 Å². The van der Waals surface area contributed by atoms with Gasteiger partial charge in [-0.15, -0.1) is 20.4 Å². The first-order valence-corrected chi connectivity index (χ1v) is 6.87. The van der Waals surface area contributed by atoms with E-state index in [1.807, 2.05) is 30.3 Å². The average Bonchev–Trinajstić information content (AvgIpc) is 2.96. The third-order valence-electron chi connectivity index (χ3n) is 2.64. The molecule has 0 aliphatic carbocycles. The fraction of sp³-hybridized carbons (Fsp3) is 0. The van der Waals surface area contributed by atoms with E-state index < -0.39 is 0 Å². The molecule has 0 amide bonds. The first-order valence-electron chi connectivity index (χ1n) is 6.05. The lowest BCUT2D eigenvalue weighted by atomic mass is 10.2. The number of aromatic hydroxyl groups is 2. The third kappa shape index (κ3) is 3.03. The molecule has 0 spiro atoms. The predicted octanol–water partition coefficient (Wildman–Crippen LogP) is 4.03. The van der Waals surface area contributed by atoms with Gasteiger partial charge in [-0.3, -0.25) is 0 Å². The number of azo groups is 1. The molecule has 0 bridgehead atoms. The molecule has 0 radical (unpaired) electrons. The Morgan fingerprint density at radius 2 is 1.71 bits per heavy atom. The zero-order chi connectivity index (χ0) is 14.7. The van der Waals surface area contributed by atoms with Crippen LogP contribution in [0.5, 0.6) is 11.5 Å². The molecule has 104 valence electrons. The molecule has 0 saturated heterocycles. The van der Waals surface area contributed by atoms with Crippen LogP contribution in [0.1, 0.15) is 0 Å². The lowest BCUT2D eigenvalue weighted by Gasteiger charge is -1.96. The predicted molar refractivity (Wildman–Crippen MR) is 79.3 cm³/mol. The SMILES string of the molecule is Oc1ccc(N=Nc2nnc(-c3ccccc3)s2)c(O)c1. The largest absolute Gasteiger partial charge is 0.508 e. The molecule has 3 rings (SSSR count). The van der Waals surface area contributed by atoms with E-state index in [-0.39, 0.29) is 17.2 Å². The maximum atomic E-state index is 9.61. The van der Waals surface area contributed by atoms with Crippen LogP contribution in [0.25, 0.3) is 10.6 Å². The van der Waals surface area contributed by atoms with Crippen LogP contribution in [0.2, 0.25) is 0 Å². The normalized spacial score (nSPS) is 11.0. The Morgan fingerprint density at radius 1 is 0.905 bits per heavy atom. The van der Waals surface area contributed by atoms with Crippen LogP contribution >= 0.6 is 11.3 Å². The van der Waals surface area contributed by atoms with Crippen molar-refractivity contribution in [2.24, 2.45) is 10.2 Å². The van der Waals surface area contributed by atoms with E-state index in [2.05, 4.69) is 20.4 Å². The summed E-state index contributed by atoms with van der Waals surface area (Å²) >= 11 is 1.30. The quantitative estimate of drug-likeness (QED) is 0.714. The molecule has 21 heavy (non-hydrogen) atoms. The highest BCUT2D eigenvalue weighted by molar-refractivity contribution is 7.18. The van der Waals surface area contributed by atoms with Crippen molar-refractivity contribution in [3.8, 4) is 22.1 Å². The summed E-state index contributed by atoms with van der Waals surface area (Å²) in [5.41, 5.74) is 1.22. The zero-order valence-electron chi connectivity index (χ0n) is 10.7. The number of benzene rings is 2. The van der Waals surface area contributed by atoms with Crippen LogP contribution in [-0.2, 0) is 0 Å². The minimum Gasteiger partial charge on any atom is -0.508 e. The Hall–Kier alpha value is -2.80. The van der Waals surface area contributed by atoms with Crippen molar-refractivity contribution in [2.45, 2.75) is 0 Å². The molecule has 1 aromatic heterocycles. The lowest BCUT2D eigenvalue weighted by Crippen LogP contribution is -1.74. The second-order valence-electron chi connectivity index (χ2n) is 4.13. The first-order chi connectivity index (χ1) is 10.2. The summed E-state index contributed by atoms with van der Waals surface area (Å²) in [5, 5.41) is 35.8. The Labute approximate surface area is 124 Å². The number of phenols is 2. The molecule has 0 unspecified atom stereocenters. The summed E-state index contributed by atoms with van der Waals surface area (Å²) in [6.45, 7) is 0. The van der Waals surface area contributed by atoms with E-state index in [1.54, 1.807) is 0 Å². The summed E-state index contributed by atoms with van der Waals surface area (Å²) in [7, 11) is 0. The number of phenolic OH excluding ortho intramolecular Hbond substituents is 2. The zero-order valence-corrected chi connectivity index (χ0v) is 11.5. The molecule has 1 heterocycles. The molecular formula is C14H10N4O2S. The smallest absolute Gasteiger partial charge is 0.252 e. The molecule has 0 fully saturated rings. The number of hydrogen-bond acceptors (Lipinski definition) is 7. The maximum Gasteiger partial charge on any atom is 0.252 e. The summed E-state index contributed by atoms with van der Waals surface area (Å²) < 4.78 is 0. The second-order valence-corrected chi connectivity index (χ2v) is 5.08. The van der Waals surface area contributed by atoms with E-state index >= 15 is 0 Å². The van der Waals surface area contributed by atoms with Gasteiger partial charge in [-0.05, 0) is 12.1 Å². The van der Waals surface area contributed by atoms with Gasteiger partial charge in [0.15, 0.2) is 0 Å². The number of rotatable bonds is 3. The fourth-order valence-corrected chi connectivity index (χ4v) is 2.32. The molecule has 0 aliphatic rings. The van der Waals surface area contributed by atoms with Crippen molar-refractivity contribution in [1.82, 2.24) is 10.2 Å². The highest BCUT2D eigenvalue weighted by Gasteiger charge is 2.06. The maximum absolute atomic E-state index is 9.61. The minimum absolute atomic E-state index is 0.0336. The van der Waals surface area contributed by atoms with Crippen molar-refractivity contribution in [3.05, 3.63) is 48.5 Å². The van der Waals surface area contributed by atoms with E-state index in [0.717, 1.165) is 10.6 Å². The second kappa shape index (κ2) is 5.68. The summed E-state index contributed by atoms with van der Waals surface area (Å²) in [4.78, 5) is 0. The molecule has 2 N–H and O–H groups in total. The van der Waals surface area contributed by atoms with Gasteiger partial charge in [-0.2, -0.15) is 0 Å². The summed E-state index contributed by atoms with van der Waals surface area (Å²) in [6, 6.07) is 13.7. The van der Waals surface area contributed by atoms with Gasteiger partial charge >= 0.3 is 0 Å². The van der Waals surface area contributed by atoms with E-state index in [1.165, 1.54) is 29.5 Å². The van der Waals surface area contributed by atoms with Crippen LogP contribution < -0.4 is 0 Å². The summed E-state index contributed by atoms with van der Waals surface area (Å²) in [5.74, 6) is -0.180. The minimum atomic E-state index is -0.147. The van der Waals surface area contributed by atoms with Crippen LogP contribution in [0, 0.1) is 0 Å². The topological polar surface area (TPSA) is 91.0 Å². The Morgan fingerprint density at radius 3 is 2.48 bits per heavy atom. The van der Waals surface area contributed by atoms with Gasteiger partial charge in [0.2, 0.25) is 0 Å².